The summed E-state index contributed by atoms with van der Waals surface area (Å²) in [5.41, 5.74) is 7.64. The summed E-state index contributed by atoms with van der Waals surface area (Å²) in [6.07, 6.45) is 0. The van der Waals surface area contributed by atoms with E-state index in [-0.39, 0.29) is 11.1 Å². The number of nitrogens with two attached hydrogens (primary N) is 1. The van der Waals surface area contributed by atoms with Crippen LogP contribution in [0.25, 0.3) is 0 Å². The van der Waals surface area contributed by atoms with Crippen LogP contribution in [-0.4, -0.2) is 0 Å². The largest absolute Gasteiger partial charge is 0.489 e. The third-order valence-corrected chi connectivity index (χ3v) is 3.09. The van der Waals surface area contributed by atoms with Crippen LogP contribution in [0.3, 0.4) is 0 Å². The third kappa shape index (κ3) is 3.69. The maximum atomic E-state index is 13.0. The van der Waals surface area contributed by atoms with Crippen molar-refractivity contribution in [3.05, 3.63) is 64.4 Å². The predicted octanol–water partition coefficient (Wildman–Crippen LogP) is 4.08. The number of halogens is 2. The van der Waals surface area contributed by atoms with E-state index >= 15 is 0 Å². The number of rotatable bonds is 4. The zero-order chi connectivity index (χ0) is 13.8. The van der Waals surface area contributed by atoms with Crippen LogP contribution < -0.4 is 10.5 Å². The molecular weight excluding hydrogens is 265 g/mol. The minimum atomic E-state index is -0.424. The van der Waals surface area contributed by atoms with Crippen molar-refractivity contribution in [3.8, 4) is 5.75 Å². The fourth-order valence-corrected chi connectivity index (χ4v) is 1.87. The lowest BCUT2D eigenvalue weighted by Crippen LogP contribution is -2.04. The fourth-order valence-electron chi connectivity index (χ4n) is 1.66. The van der Waals surface area contributed by atoms with Gasteiger partial charge in [0.05, 0.1) is 5.02 Å². The van der Waals surface area contributed by atoms with E-state index in [1.807, 2.05) is 31.2 Å². The monoisotopic (exact) mass is 279 g/mol. The van der Waals surface area contributed by atoms with E-state index in [4.69, 9.17) is 22.1 Å². The van der Waals surface area contributed by atoms with Crippen LogP contribution in [0.15, 0.2) is 42.5 Å². The average Bonchev–Trinajstić information content (AvgIpc) is 2.40. The summed E-state index contributed by atoms with van der Waals surface area (Å²) >= 11 is 5.71. The second kappa shape index (κ2) is 6.04. The Balaban J connectivity index is 2.00. The lowest BCUT2D eigenvalue weighted by atomic mass is 10.1. The van der Waals surface area contributed by atoms with Crippen molar-refractivity contribution in [3.63, 3.8) is 0 Å². The summed E-state index contributed by atoms with van der Waals surface area (Å²) in [6.45, 7) is 2.27. The average molecular weight is 280 g/mol. The van der Waals surface area contributed by atoms with Crippen LogP contribution in [0.5, 0.6) is 5.75 Å². The van der Waals surface area contributed by atoms with Gasteiger partial charge in [-0.1, -0.05) is 29.8 Å². The SMILES string of the molecule is CC(N)c1ccc(OCc2ccc(F)c(Cl)c2)cc1. The van der Waals surface area contributed by atoms with Gasteiger partial charge in [0, 0.05) is 6.04 Å². The Labute approximate surface area is 117 Å². The molecule has 0 aliphatic rings. The number of hydrogen-bond acceptors (Lipinski definition) is 2. The van der Waals surface area contributed by atoms with E-state index < -0.39 is 5.82 Å². The van der Waals surface area contributed by atoms with Crippen molar-refractivity contribution in [1.82, 2.24) is 0 Å². The Bertz CT molecular complexity index is 555. The van der Waals surface area contributed by atoms with Crippen LogP contribution in [0.2, 0.25) is 5.02 Å². The second-order valence-electron chi connectivity index (χ2n) is 4.39. The molecule has 0 aliphatic carbocycles. The molecule has 2 nitrogen and oxygen atoms in total. The molecule has 0 aliphatic heterocycles. The third-order valence-electron chi connectivity index (χ3n) is 2.80. The van der Waals surface area contributed by atoms with Crippen molar-refractivity contribution < 1.29 is 9.13 Å². The Morgan fingerprint density at radius 3 is 2.47 bits per heavy atom. The van der Waals surface area contributed by atoms with Crippen LogP contribution in [0.4, 0.5) is 4.39 Å². The molecule has 2 aromatic rings. The number of ether oxygens (including phenoxy) is 1. The van der Waals surface area contributed by atoms with Crippen LogP contribution in [0, 0.1) is 5.82 Å². The summed E-state index contributed by atoms with van der Waals surface area (Å²) in [5.74, 6) is 0.316. The number of hydrogen-bond donors (Lipinski definition) is 1. The summed E-state index contributed by atoms with van der Waals surface area (Å²) in [4.78, 5) is 0. The molecule has 2 rings (SSSR count). The standard InChI is InChI=1S/C15H15ClFNO/c1-10(18)12-3-5-13(6-4-12)19-9-11-2-7-15(17)14(16)8-11/h2-8,10H,9,18H2,1H3. The molecule has 0 bridgehead atoms. The molecule has 0 heterocycles. The van der Waals surface area contributed by atoms with Crippen molar-refractivity contribution in [1.29, 1.82) is 0 Å². The maximum Gasteiger partial charge on any atom is 0.141 e. The van der Waals surface area contributed by atoms with Gasteiger partial charge in [0.2, 0.25) is 0 Å². The van der Waals surface area contributed by atoms with Gasteiger partial charge in [-0.2, -0.15) is 0 Å². The van der Waals surface area contributed by atoms with Gasteiger partial charge >= 0.3 is 0 Å². The molecule has 19 heavy (non-hydrogen) atoms. The van der Waals surface area contributed by atoms with E-state index in [1.165, 1.54) is 6.07 Å². The second-order valence-corrected chi connectivity index (χ2v) is 4.80. The summed E-state index contributed by atoms with van der Waals surface area (Å²) in [7, 11) is 0. The highest BCUT2D eigenvalue weighted by Gasteiger charge is 2.03. The van der Waals surface area contributed by atoms with Crippen LogP contribution in [-0.2, 0) is 6.61 Å². The van der Waals surface area contributed by atoms with Gasteiger partial charge in [-0.15, -0.1) is 0 Å². The highest BCUT2D eigenvalue weighted by atomic mass is 35.5. The van der Waals surface area contributed by atoms with Crippen molar-refractivity contribution in [2.45, 2.75) is 19.6 Å². The predicted molar refractivity (Wildman–Crippen MR) is 74.8 cm³/mol. The summed E-state index contributed by atoms with van der Waals surface area (Å²) in [5, 5.41) is 0.105. The molecule has 100 valence electrons. The zero-order valence-electron chi connectivity index (χ0n) is 10.6. The van der Waals surface area contributed by atoms with Gasteiger partial charge in [0.1, 0.15) is 18.2 Å². The first-order valence-corrected chi connectivity index (χ1v) is 6.36. The van der Waals surface area contributed by atoms with E-state index in [0.717, 1.165) is 16.9 Å². The van der Waals surface area contributed by atoms with E-state index in [2.05, 4.69) is 0 Å². The molecule has 0 saturated heterocycles. The smallest absolute Gasteiger partial charge is 0.141 e. The molecule has 2 N–H and O–H groups in total. The molecule has 0 spiro atoms. The molecular formula is C15H15ClFNO. The Kier molecular flexibility index (Phi) is 4.40. The molecule has 1 atom stereocenters. The van der Waals surface area contributed by atoms with Gasteiger partial charge in [0.15, 0.2) is 0 Å². The molecule has 0 fully saturated rings. The Morgan fingerprint density at radius 1 is 1.21 bits per heavy atom. The first-order valence-electron chi connectivity index (χ1n) is 5.98. The zero-order valence-corrected chi connectivity index (χ0v) is 11.3. The normalized spacial score (nSPS) is 12.2. The molecule has 0 saturated carbocycles. The highest BCUT2D eigenvalue weighted by molar-refractivity contribution is 6.30. The first kappa shape index (κ1) is 13.8. The Morgan fingerprint density at radius 2 is 1.89 bits per heavy atom. The van der Waals surface area contributed by atoms with E-state index in [9.17, 15) is 4.39 Å². The van der Waals surface area contributed by atoms with Gasteiger partial charge in [-0.3, -0.25) is 0 Å². The van der Waals surface area contributed by atoms with Gasteiger partial charge in [-0.25, -0.2) is 4.39 Å². The van der Waals surface area contributed by atoms with Gasteiger partial charge < -0.3 is 10.5 Å². The fraction of sp³-hybridized carbons (Fsp3) is 0.200. The topological polar surface area (TPSA) is 35.2 Å². The molecule has 4 heteroatoms. The molecule has 0 amide bonds. The first-order chi connectivity index (χ1) is 9.06. The van der Waals surface area contributed by atoms with E-state index in [1.54, 1.807) is 12.1 Å². The van der Waals surface area contributed by atoms with Crippen LogP contribution >= 0.6 is 11.6 Å². The lowest BCUT2D eigenvalue weighted by molar-refractivity contribution is 0.306. The molecule has 0 radical (unpaired) electrons. The maximum absolute atomic E-state index is 13.0. The number of benzene rings is 2. The van der Waals surface area contributed by atoms with Crippen molar-refractivity contribution in [2.24, 2.45) is 5.73 Å². The van der Waals surface area contributed by atoms with Crippen LogP contribution in [0.1, 0.15) is 24.1 Å². The van der Waals surface area contributed by atoms with Crippen molar-refractivity contribution >= 4 is 11.6 Å². The minimum absolute atomic E-state index is 0.00459. The van der Waals surface area contributed by atoms with Crippen molar-refractivity contribution in [2.75, 3.05) is 0 Å². The summed E-state index contributed by atoms with van der Waals surface area (Å²) < 4.78 is 18.6. The van der Waals surface area contributed by atoms with Gasteiger partial charge in [-0.05, 0) is 42.3 Å². The van der Waals surface area contributed by atoms with E-state index in [0.29, 0.717) is 6.61 Å². The minimum Gasteiger partial charge on any atom is -0.489 e. The molecule has 0 aromatic heterocycles. The molecule has 2 aromatic carbocycles. The molecule has 1 unspecified atom stereocenters. The summed E-state index contributed by atoms with van der Waals surface area (Å²) in [6, 6.07) is 12.1. The lowest BCUT2D eigenvalue weighted by Gasteiger charge is -2.09. The van der Waals surface area contributed by atoms with Gasteiger partial charge in [0.25, 0.3) is 0 Å². The Hall–Kier alpha value is -1.58. The quantitative estimate of drug-likeness (QED) is 0.915. The highest BCUT2D eigenvalue weighted by Crippen LogP contribution is 2.19.